The number of halogens is 6. The summed E-state index contributed by atoms with van der Waals surface area (Å²) in [7, 11) is -3.62. The van der Waals surface area contributed by atoms with Gasteiger partial charge in [-0.3, -0.25) is 8.98 Å². The summed E-state index contributed by atoms with van der Waals surface area (Å²) in [4.78, 5) is 13.3. The van der Waals surface area contributed by atoms with Crippen LogP contribution in [0.3, 0.4) is 0 Å². The molecule has 2 aromatic rings. The third-order valence-electron chi connectivity index (χ3n) is 6.67. The first-order valence-corrected chi connectivity index (χ1v) is 13.3. The van der Waals surface area contributed by atoms with Crippen molar-refractivity contribution >= 4 is 16.0 Å². The third-order valence-corrected chi connectivity index (χ3v) is 7.23. The van der Waals surface area contributed by atoms with Crippen LogP contribution in [0.5, 0.6) is 0 Å². The van der Waals surface area contributed by atoms with Crippen LogP contribution in [0, 0.1) is 5.92 Å². The van der Waals surface area contributed by atoms with E-state index >= 15 is 0 Å². The molecule has 1 fully saturated rings. The van der Waals surface area contributed by atoms with Gasteiger partial charge >= 0.3 is 12.4 Å². The topological polar surface area (TPSA) is 72.5 Å². The molecule has 1 amide bonds. The van der Waals surface area contributed by atoms with Crippen molar-refractivity contribution in [2.75, 3.05) is 12.9 Å². The molecule has 1 atom stereocenters. The zero-order valence-electron chi connectivity index (χ0n) is 20.1. The lowest BCUT2D eigenvalue weighted by Gasteiger charge is -2.42. The van der Waals surface area contributed by atoms with Crippen molar-refractivity contribution < 1.29 is 43.7 Å². The number of carbonyl (C=O) groups excluding carboxylic acids is 1. The zero-order valence-corrected chi connectivity index (χ0v) is 20.9. The van der Waals surface area contributed by atoms with Crippen molar-refractivity contribution in [3.05, 3.63) is 70.8 Å². The first kappa shape index (κ1) is 29.0. The molecule has 2 aromatic carbocycles. The van der Waals surface area contributed by atoms with E-state index in [0.717, 1.165) is 11.8 Å². The van der Waals surface area contributed by atoms with Crippen LogP contribution in [0.15, 0.2) is 48.5 Å². The van der Waals surface area contributed by atoms with Gasteiger partial charge in [0.2, 0.25) is 5.91 Å². The van der Waals surface area contributed by atoms with E-state index in [2.05, 4.69) is 5.32 Å². The Morgan fingerprint density at radius 2 is 1.51 bits per heavy atom. The highest BCUT2D eigenvalue weighted by Gasteiger charge is 2.41. The van der Waals surface area contributed by atoms with E-state index < -0.39 is 56.5 Å². The van der Waals surface area contributed by atoms with Crippen LogP contribution < -0.4 is 5.32 Å². The van der Waals surface area contributed by atoms with Gasteiger partial charge in [-0.25, -0.2) is 0 Å². The molecule has 1 aliphatic carbocycles. The van der Waals surface area contributed by atoms with Crippen LogP contribution in [0.2, 0.25) is 0 Å². The number of hydrogen-bond acceptors (Lipinski definition) is 4. The van der Waals surface area contributed by atoms with E-state index in [9.17, 15) is 39.6 Å². The van der Waals surface area contributed by atoms with Crippen LogP contribution in [0.4, 0.5) is 26.3 Å². The van der Waals surface area contributed by atoms with Gasteiger partial charge in [0.1, 0.15) is 0 Å². The molecule has 0 bridgehead atoms. The highest BCUT2D eigenvalue weighted by Crippen LogP contribution is 2.41. The molecule has 37 heavy (non-hydrogen) atoms. The average Bonchev–Trinajstić information content (AvgIpc) is 2.81. The van der Waals surface area contributed by atoms with Crippen molar-refractivity contribution in [1.82, 2.24) is 5.32 Å². The van der Waals surface area contributed by atoms with Gasteiger partial charge in [-0.05, 0) is 67.9 Å². The summed E-state index contributed by atoms with van der Waals surface area (Å²) in [6, 6.07) is 10.0. The third kappa shape index (κ3) is 7.47. The highest BCUT2D eigenvalue weighted by molar-refractivity contribution is 7.85. The Morgan fingerprint density at radius 3 is 1.97 bits per heavy atom. The smallest absolute Gasteiger partial charge is 0.346 e. The summed E-state index contributed by atoms with van der Waals surface area (Å²) in [5, 5.41) is 2.90. The van der Waals surface area contributed by atoms with Gasteiger partial charge in [0.15, 0.2) is 0 Å². The van der Waals surface area contributed by atoms with Gasteiger partial charge in [0.25, 0.3) is 10.1 Å². The van der Waals surface area contributed by atoms with Gasteiger partial charge in [0, 0.05) is 0 Å². The molecule has 1 aliphatic rings. The average molecular weight is 552 g/mol. The first-order chi connectivity index (χ1) is 17.0. The van der Waals surface area contributed by atoms with Crippen molar-refractivity contribution in [2.24, 2.45) is 5.92 Å². The van der Waals surface area contributed by atoms with E-state index in [-0.39, 0.29) is 18.6 Å². The van der Waals surface area contributed by atoms with Gasteiger partial charge in [-0.15, -0.1) is 0 Å². The molecular formula is C25H27F6NO4S. The molecule has 12 heteroatoms. The summed E-state index contributed by atoms with van der Waals surface area (Å²) in [6.45, 7) is 1.24. The number of rotatable bonds is 7. The summed E-state index contributed by atoms with van der Waals surface area (Å²) in [5.41, 5.74) is -3.57. The minimum atomic E-state index is -5.02. The fourth-order valence-electron chi connectivity index (χ4n) is 4.52. The SMILES string of the molecule is CC(C(=O)N[C@]1(c2ccccc2)CC[C@@H](COS(C)(=O)=O)CC1)c1cc(C(F)(F)F)cc(C(F)(F)F)c1. The Labute approximate surface area is 211 Å². The Bertz CT molecular complexity index is 1170. The molecule has 0 radical (unpaired) electrons. The van der Waals surface area contributed by atoms with Gasteiger partial charge < -0.3 is 5.32 Å². The van der Waals surface area contributed by atoms with E-state index in [1.807, 2.05) is 0 Å². The Kier molecular flexibility index (Phi) is 8.33. The van der Waals surface area contributed by atoms with E-state index in [1.54, 1.807) is 30.3 Å². The van der Waals surface area contributed by atoms with Crippen LogP contribution in [0.25, 0.3) is 0 Å². The molecule has 1 saturated carbocycles. The second-order valence-corrected chi connectivity index (χ2v) is 11.1. The van der Waals surface area contributed by atoms with Crippen molar-refractivity contribution in [2.45, 2.75) is 56.4 Å². The number of carbonyl (C=O) groups is 1. The summed E-state index contributed by atoms with van der Waals surface area (Å²) < 4.78 is 107. The summed E-state index contributed by atoms with van der Waals surface area (Å²) in [6.07, 6.45) is -7.37. The quantitative estimate of drug-likeness (QED) is 0.338. The molecule has 0 heterocycles. The second kappa shape index (κ2) is 10.6. The number of amides is 1. The Hall–Kier alpha value is -2.60. The standard InChI is InChI=1S/C25H27F6NO4S/c1-16(18-12-20(24(26,27)28)14-21(13-18)25(29,30)31)22(33)32-23(19-6-4-3-5-7-19)10-8-17(9-11-23)15-36-37(2,34)35/h3-7,12-14,16-17H,8-11,15H2,1-2H3,(H,32,33)/t16?,17-,23-. The van der Waals surface area contributed by atoms with Crippen LogP contribution in [-0.4, -0.2) is 27.2 Å². The van der Waals surface area contributed by atoms with Gasteiger partial charge in [0.05, 0.1) is 35.4 Å². The molecule has 0 aliphatic heterocycles. The van der Waals surface area contributed by atoms with Crippen LogP contribution in [-0.2, 0) is 37.0 Å². The minimum Gasteiger partial charge on any atom is -0.346 e. The molecule has 0 aromatic heterocycles. The monoisotopic (exact) mass is 551 g/mol. The summed E-state index contributed by atoms with van der Waals surface area (Å²) in [5.74, 6) is -2.13. The summed E-state index contributed by atoms with van der Waals surface area (Å²) >= 11 is 0. The number of nitrogens with one attached hydrogen (secondary N) is 1. The van der Waals surface area contributed by atoms with E-state index in [0.29, 0.717) is 37.8 Å². The maximum absolute atomic E-state index is 13.3. The normalized spacial score (nSPS) is 21.9. The largest absolute Gasteiger partial charge is 0.416 e. The van der Waals surface area contributed by atoms with Crippen molar-refractivity contribution in [3.63, 3.8) is 0 Å². The first-order valence-electron chi connectivity index (χ1n) is 11.5. The predicted molar refractivity (Wildman–Crippen MR) is 124 cm³/mol. The maximum Gasteiger partial charge on any atom is 0.416 e. The molecule has 0 saturated heterocycles. The number of hydrogen-bond donors (Lipinski definition) is 1. The minimum absolute atomic E-state index is 0.0154. The maximum atomic E-state index is 13.3. The molecule has 5 nitrogen and oxygen atoms in total. The fraction of sp³-hybridized carbons (Fsp3) is 0.480. The van der Waals surface area contributed by atoms with Crippen LogP contribution in [0.1, 0.15) is 60.8 Å². The molecular weight excluding hydrogens is 524 g/mol. The predicted octanol–water partition coefficient (Wildman–Crippen LogP) is 6.01. The lowest BCUT2D eigenvalue weighted by atomic mass is 9.72. The molecule has 1 unspecified atom stereocenters. The van der Waals surface area contributed by atoms with Crippen LogP contribution >= 0.6 is 0 Å². The molecule has 204 valence electrons. The highest BCUT2D eigenvalue weighted by atomic mass is 32.2. The Balaban J connectivity index is 1.88. The van der Waals surface area contributed by atoms with E-state index in [1.165, 1.54) is 6.92 Å². The van der Waals surface area contributed by atoms with Crippen molar-refractivity contribution in [1.29, 1.82) is 0 Å². The number of alkyl halides is 6. The molecule has 3 rings (SSSR count). The van der Waals surface area contributed by atoms with Gasteiger partial charge in [-0.2, -0.15) is 34.8 Å². The van der Waals surface area contributed by atoms with Crippen molar-refractivity contribution in [3.8, 4) is 0 Å². The number of benzene rings is 2. The van der Waals surface area contributed by atoms with E-state index in [4.69, 9.17) is 4.18 Å². The zero-order chi connectivity index (χ0) is 27.6. The second-order valence-electron chi connectivity index (χ2n) is 9.43. The lowest BCUT2D eigenvalue weighted by Crippen LogP contribution is -2.49. The fourth-order valence-corrected chi connectivity index (χ4v) is 4.96. The molecule has 0 spiro atoms. The van der Waals surface area contributed by atoms with Gasteiger partial charge in [-0.1, -0.05) is 30.3 Å². The molecule has 1 N–H and O–H groups in total. The Morgan fingerprint density at radius 1 is 1.00 bits per heavy atom. The lowest BCUT2D eigenvalue weighted by molar-refractivity contribution is -0.143.